The number of hydrogen-bond acceptors (Lipinski definition) is 2. The predicted octanol–water partition coefficient (Wildman–Crippen LogP) is 2.91. The van der Waals surface area contributed by atoms with Gasteiger partial charge in [0.05, 0.1) is 0 Å². The van der Waals surface area contributed by atoms with Crippen molar-refractivity contribution in [3.05, 3.63) is 35.4 Å². The van der Waals surface area contributed by atoms with Crippen LogP contribution in [0, 0.1) is 11.6 Å². The number of nitrogens with one attached hydrogen (secondary N) is 1. The van der Waals surface area contributed by atoms with Crippen molar-refractivity contribution >= 4 is 0 Å². The van der Waals surface area contributed by atoms with E-state index >= 15 is 0 Å². The number of halogens is 2. The fourth-order valence-corrected chi connectivity index (χ4v) is 1.94. The molecule has 0 spiro atoms. The molecule has 0 aliphatic rings. The predicted molar refractivity (Wildman–Crippen MR) is 68.6 cm³/mol. The van der Waals surface area contributed by atoms with E-state index in [9.17, 15) is 8.78 Å². The highest BCUT2D eigenvalue weighted by molar-refractivity contribution is 5.19. The summed E-state index contributed by atoms with van der Waals surface area (Å²) in [6.45, 7) is 0.751. The summed E-state index contributed by atoms with van der Waals surface area (Å²) in [5.74, 6) is -0.996. The van der Waals surface area contributed by atoms with Gasteiger partial charge in [-0.2, -0.15) is 0 Å². The van der Waals surface area contributed by atoms with Crippen LogP contribution in [0.15, 0.2) is 18.2 Å². The van der Waals surface area contributed by atoms with E-state index in [1.807, 2.05) is 7.05 Å². The van der Waals surface area contributed by atoms with Gasteiger partial charge >= 0.3 is 0 Å². The van der Waals surface area contributed by atoms with Crippen molar-refractivity contribution in [3.63, 3.8) is 0 Å². The van der Waals surface area contributed by atoms with Gasteiger partial charge < -0.3 is 10.1 Å². The van der Waals surface area contributed by atoms with Crippen molar-refractivity contribution in [3.8, 4) is 0 Å². The molecule has 1 unspecified atom stereocenters. The largest absolute Gasteiger partial charge is 0.385 e. The van der Waals surface area contributed by atoms with Crippen LogP contribution in [0.1, 0.15) is 24.8 Å². The molecule has 0 aliphatic heterocycles. The number of hydrogen-bond donors (Lipinski definition) is 1. The summed E-state index contributed by atoms with van der Waals surface area (Å²) in [7, 11) is 3.55. The molecule has 1 N–H and O–H groups in total. The quantitative estimate of drug-likeness (QED) is 0.723. The molecule has 1 aromatic rings. The Morgan fingerprint density at radius 1 is 1.28 bits per heavy atom. The standard InChI is InChI=1S/C14H21F2NO/c1-17-13(5-3-4-8-18-2)9-11-6-7-12(15)10-14(11)16/h6-7,10,13,17H,3-5,8-9H2,1-2H3. The van der Waals surface area contributed by atoms with Gasteiger partial charge in [-0.15, -0.1) is 0 Å². The smallest absolute Gasteiger partial charge is 0.129 e. The summed E-state index contributed by atoms with van der Waals surface area (Å²) in [6, 6.07) is 3.97. The molecule has 0 heterocycles. The maximum Gasteiger partial charge on any atom is 0.129 e. The molecule has 0 radical (unpaired) electrons. The maximum atomic E-state index is 13.5. The Morgan fingerprint density at radius 2 is 2.06 bits per heavy atom. The van der Waals surface area contributed by atoms with E-state index in [1.54, 1.807) is 7.11 Å². The Hall–Kier alpha value is -1.00. The third-order valence-electron chi connectivity index (χ3n) is 3.04. The van der Waals surface area contributed by atoms with E-state index in [2.05, 4.69) is 5.32 Å². The van der Waals surface area contributed by atoms with Crippen LogP contribution >= 0.6 is 0 Å². The molecule has 2 nitrogen and oxygen atoms in total. The van der Waals surface area contributed by atoms with Crippen molar-refractivity contribution in [2.24, 2.45) is 0 Å². The summed E-state index contributed by atoms with van der Waals surface area (Å²) in [5, 5.41) is 3.17. The molecule has 0 aliphatic carbocycles. The van der Waals surface area contributed by atoms with Gasteiger partial charge in [0.2, 0.25) is 0 Å². The minimum absolute atomic E-state index is 0.210. The normalized spacial score (nSPS) is 12.7. The number of unbranched alkanes of at least 4 members (excludes halogenated alkanes) is 1. The minimum atomic E-state index is -0.530. The SMILES string of the molecule is CNC(CCCCOC)Cc1ccc(F)cc1F. The van der Waals surface area contributed by atoms with Crippen LogP contribution in [0.4, 0.5) is 8.78 Å². The van der Waals surface area contributed by atoms with Gasteiger partial charge in [-0.05, 0) is 44.4 Å². The van der Waals surface area contributed by atoms with E-state index in [0.29, 0.717) is 12.0 Å². The van der Waals surface area contributed by atoms with Crippen LogP contribution in [0.2, 0.25) is 0 Å². The highest BCUT2D eigenvalue weighted by atomic mass is 19.1. The molecule has 1 rings (SSSR count). The zero-order valence-electron chi connectivity index (χ0n) is 11.0. The highest BCUT2D eigenvalue weighted by Gasteiger charge is 2.11. The van der Waals surface area contributed by atoms with Crippen molar-refractivity contribution < 1.29 is 13.5 Å². The average molecular weight is 257 g/mol. The zero-order chi connectivity index (χ0) is 13.4. The topological polar surface area (TPSA) is 21.3 Å². The van der Waals surface area contributed by atoms with Crippen LogP contribution in [0.5, 0.6) is 0 Å². The lowest BCUT2D eigenvalue weighted by Crippen LogP contribution is -2.28. The summed E-state index contributed by atoms with van der Waals surface area (Å²) < 4.78 is 31.3. The van der Waals surface area contributed by atoms with Crippen molar-refractivity contribution in [2.45, 2.75) is 31.7 Å². The minimum Gasteiger partial charge on any atom is -0.385 e. The van der Waals surface area contributed by atoms with E-state index in [4.69, 9.17) is 4.74 Å². The first-order chi connectivity index (χ1) is 8.67. The zero-order valence-corrected chi connectivity index (χ0v) is 11.0. The average Bonchev–Trinajstić information content (AvgIpc) is 2.35. The van der Waals surface area contributed by atoms with Gasteiger partial charge in [0.1, 0.15) is 11.6 Å². The number of benzene rings is 1. The summed E-state index contributed by atoms with van der Waals surface area (Å²) >= 11 is 0. The molecule has 0 bridgehead atoms. The van der Waals surface area contributed by atoms with Crippen molar-refractivity contribution in [2.75, 3.05) is 20.8 Å². The molecule has 0 amide bonds. The molecule has 18 heavy (non-hydrogen) atoms. The molecule has 1 atom stereocenters. The van der Waals surface area contributed by atoms with Gasteiger partial charge in [0.15, 0.2) is 0 Å². The molecular formula is C14H21F2NO. The van der Waals surface area contributed by atoms with Crippen LogP contribution in [0.25, 0.3) is 0 Å². The third-order valence-corrected chi connectivity index (χ3v) is 3.04. The summed E-state index contributed by atoms with van der Waals surface area (Å²) in [5.41, 5.74) is 0.558. The molecule has 4 heteroatoms. The number of ether oxygens (including phenoxy) is 1. The first-order valence-electron chi connectivity index (χ1n) is 6.27. The van der Waals surface area contributed by atoms with Crippen molar-refractivity contribution in [1.29, 1.82) is 0 Å². The lowest BCUT2D eigenvalue weighted by atomic mass is 10.0. The molecule has 0 saturated carbocycles. The van der Waals surface area contributed by atoms with Crippen LogP contribution in [-0.4, -0.2) is 26.8 Å². The van der Waals surface area contributed by atoms with E-state index in [-0.39, 0.29) is 6.04 Å². The van der Waals surface area contributed by atoms with Gasteiger partial charge in [0, 0.05) is 25.8 Å². The van der Waals surface area contributed by atoms with Crippen molar-refractivity contribution in [1.82, 2.24) is 5.32 Å². The Labute approximate surface area is 107 Å². The number of methoxy groups -OCH3 is 1. The van der Waals surface area contributed by atoms with Gasteiger partial charge in [-0.3, -0.25) is 0 Å². The van der Waals surface area contributed by atoms with E-state index < -0.39 is 11.6 Å². The first kappa shape index (κ1) is 15.1. The third kappa shape index (κ3) is 5.10. The van der Waals surface area contributed by atoms with Crippen LogP contribution in [0.3, 0.4) is 0 Å². The summed E-state index contributed by atoms with van der Waals surface area (Å²) in [6.07, 6.45) is 3.56. The number of rotatable bonds is 8. The highest BCUT2D eigenvalue weighted by Crippen LogP contribution is 2.14. The Kier molecular flexibility index (Phi) is 6.83. The maximum absolute atomic E-state index is 13.5. The lowest BCUT2D eigenvalue weighted by molar-refractivity contribution is 0.191. The number of likely N-dealkylation sites (N-methyl/N-ethyl adjacent to an activating group) is 1. The first-order valence-corrected chi connectivity index (χ1v) is 6.27. The van der Waals surface area contributed by atoms with Gasteiger partial charge in [-0.1, -0.05) is 6.07 Å². The lowest BCUT2D eigenvalue weighted by Gasteiger charge is -2.16. The Balaban J connectivity index is 2.46. The Morgan fingerprint density at radius 3 is 2.67 bits per heavy atom. The fourth-order valence-electron chi connectivity index (χ4n) is 1.94. The molecule has 102 valence electrons. The monoisotopic (exact) mass is 257 g/mol. The van der Waals surface area contributed by atoms with E-state index in [1.165, 1.54) is 12.1 Å². The Bertz CT molecular complexity index is 358. The molecule has 0 saturated heterocycles. The second kappa shape index (κ2) is 8.16. The fraction of sp³-hybridized carbons (Fsp3) is 0.571. The molecular weight excluding hydrogens is 236 g/mol. The van der Waals surface area contributed by atoms with Gasteiger partial charge in [-0.25, -0.2) is 8.78 Å². The van der Waals surface area contributed by atoms with Crippen LogP contribution in [-0.2, 0) is 11.2 Å². The summed E-state index contributed by atoms with van der Waals surface area (Å²) in [4.78, 5) is 0. The second-order valence-corrected chi connectivity index (χ2v) is 4.41. The second-order valence-electron chi connectivity index (χ2n) is 4.41. The van der Waals surface area contributed by atoms with Crippen LogP contribution < -0.4 is 5.32 Å². The molecule has 0 aromatic heterocycles. The van der Waals surface area contributed by atoms with Gasteiger partial charge in [0.25, 0.3) is 0 Å². The van der Waals surface area contributed by atoms with E-state index in [0.717, 1.165) is 31.9 Å². The molecule has 0 fully saturated rings. The molecule has 1 aromatic carbocycles.